The highest BCUT2D eigenvalue weighted by Gasteiger charge is 2.26. The summed E-state index contributed by atoms with van der Waals surface area (Å²) in [4.78, 5) is 4.63. The lowest BCUT2D eigenvalue weighted by atomic mass is 9.98. The first kappa shape index (κ1) is 21.9. The first-order valence-electron chi connectivity index (χ1n) is 10.7. The van der Waals surface area contributed by atoms with E-state index in [0.29, 0.717) is 13.1 Å². The van der Waals surface area contributed by atoms with Crippen molar-refractivity contribution in [1.29, 1.82) is 0 Å². The number of nitrogens with zero attached hydrogens (tertiary/aromatic N) is 3. The lowest BCUT2D eigenvalue weighted by Gasteiger charge is -2.37. The summed E-state index contributed by atoms with van der Waals surface area (Å²) in [5.41, 5.74) is 3.79. The summed E-state index contributed by atoms with van der Waals surface area (Å²) in [5, 5.41) is 10.8. The van der Waals surface area contributed by atoms with Gasteiger partial charge in [-0.2, -0.15) is 0 Å². The lowest BCUT2D eigenvalue weighted by Crippen LogP contribution is -2.47. The smallest absolute Gasteiger partial charge is 0.232 e. The van der Waals surface area contributed by atoms with E-state index in [1.807, 2.05) is 30.3 Å². The van der Waals surface area contributed by atoms with Crippen LogP contribution in [0.15, 0.2) is 42.5 Å². The molecule has 7 nitrogen and oxygen atoms in total. The molecule has 1 N–H and O–H groups in total. The van der Waals surface area contributed by atoms with E-state index >= 15 is 0 Å². The van der Waals surface area contributed by atoms with Gasteiger partial charge in [0.2, 0.25) is 10.0 Å². The van der Waals surface area contributed by atoms with Gasteiger partial charge in [-0.3, -0.25) is 9.21 Å². The zero-order valence-electron chi connectivity index (χ0n) is 18.2. The third-order valence-electron chi connectivity index (χ3n) is 6.21. The topological polar surface area (TPSA) is 73.3 Å². The number of aliphatic hydroxyl groups excluding tert-OH is 1. The van der Waals surface area contributed by atoms with Crippen LogP contribution in [0.1, 0.15) is 23.7 Å². The summed E-state index contributed by atoms with van der Waals surface area (Å²) in [5.74, 6) is 0.857. The highest BCUT2D eigenvalue weighted by molar-refractivity contribution is 7.92. The van der Waals surface area contributed by atoms with E-state index in [9.17, 15) is 13.5 Å². The summed E-state index contributed by atoms with van der Waals surface area (Å²) in [6.45, 7) is 4.68. The number of rotatable bonds is 6. The first-order chi connectivity index (χ1) is 14.8. The van der Waals surface area contributed by atoms with Crippen LogP contribution < -0.4 is 13.9 Å². The Labute approximate surface area is 184 Å². The Bertz CT molecular complexity index is 1000. The molecule has 31 heavy (non-hydrogen) atoms. The van der Waals surface area contributed by atoms with Gasteiger partial charge in [-0.05, 0) is 54.3 Å². The van der Waals surface area contributed by atoms with Gasteiger partial charge in [0, 0.05) is 45.0 Å². The van der Waals surface area contributed by atoms with Crippen LogP contribution in [-0.4, -0.2) is 71.1 Å². The molecule has 2 aromatic rings. The molecule has 168 valence electrons. The van der Waals surface area contributed by atoms with Gasteiger partial charge in [-0.1, -0.05) is 12.1 Å². The fourth-order valence-corrected chi connectivity index (χ4v) is 5.46. The average molecular weight is 446 g/mol. The summed E-state index contributed by atoms with van der Waals surface area (Å²) >= 11 is 0. The summed E-state index contributed by atoms with van der Waals surface area (Å²) in [6.07, 6.45) is 2.29. The van der Waals surface area contributed by atoms with Gasteiger partial charge < -0.3 is 14.7 Å². The second kappa shape index (κ2) is 9.06. The Morgan fingerprint density at radius 1 is 1.03 bits per heavy atom. The summed E-state index contributed by atoms with van der Waals surface area (Å²) in [6, 6.07) is 13.8. The van der Waals surface area contributed by atoms with E-state index < -0.39 is 16.1 Å². The molecule has 2 aliphatic rings. The molecule has 2 aromatic carbocycles. The fraction of sp³-hybridized carbons (Fsp3) is 0.478. The van der Waals surface area contributed by atoms with E-state index in [0.717, 1.165) is 61.6 Å². The van der Waals surface area contributed by atoms with Crippen LogP contribution in [0.25, 0.3) is 0 Å². The second-order valence-electron chi connectivity index (χ2n) is 8.33. The van der Waals surface area contributed by atoms with Crippen molar-refractivity contribution in [2.24, 2.45) is 0 Å². The molecule has 0 unspecified atom stereocenters. The van der Waals surface area contributed by atoms with E-state index in [4.69, 9.17) is 4.74 Å². The molecule has 2 aliphatic heterocycles. The standard InChI is InChI=1S/C23H31N3O4S/c1-30-21-8-6-20(7-9-21)25-14-12-24(13-15-25)17-23(27)19-5-10-22-18(16-19)4-3-11-26(22)31(2,28)29/h5-10,16,23,27H,3-4,11-15,17H2,1-2H3/t23-/m0/s1. The van der Waals surface area contributed by atoms with Crippen LogP contribution in [0.5, 0.6) is 5.75 Å². The monoisotopic (exact) mass is 445 g/mol. The zero-order chi connectivity index (χ0) is 22.0. The predicted octanol–water partition coefficient (Wildman–Crippen LogP) is 2.26. The summed E-state index contributed by atoms with van der Waals surface area (Å²) in [7, 11) is -1.61. The molecular weight excluding hydrogens is 414 g/mol. The first-order valence-corrected chi connectivity index (χ1v) is 12.6. The number of anilines is 2. The quantitative estimate of drug-likeness (QED) is 0.735. The van der Waals surface area contributed by atoms with E-state index in [2.05, 4.69) is 21.9 Å². The van der Waals surface area contributed by atoms with E-state index in [1.165, 1.54) is 16.2 Å². The molecule has 4 rings (SSSR count). The number of hydrogen-bond donors (Lipinski definition) is 1. The van der Waals surface area contributed by atoms with Gasteiger partial charge in [-0.15, -0.1) is 0 Å². The minimum Gasteiger partial charge on any atom is -0.497 e. The van der Waals surface area contributed by atoms with Gasteiger partial charge >= 0.3 is 0 Å². The number of β-amino-alcohol motifs (C(OH)–C–C–N with tert-alkyl or cyclic N) is 1. The number of benzene rings is 2. The third-order valence-corrected chi connectivity index (χ3v) is 7.39. The second-order valence-corrected chi connectivity index (χ2v) is 10.2. The molecule has 8 heteroatoms. The maximum Gasteiger partial charge on any atom is 0.232 e. The third kappa shape index (κ3) is 4.97. The van der Waals surface area contributed by atoms with E-state index in [-0.39, 0.29) is 0 Å². The molecule has 0 aromatic heterocycles. The number of hydrogen-bond acceptors (Lipinski definition) is 6. The number of aliphatic hydroxyl groups is 1. The van der Waals surface area contributed by atoms with Crippen LogP contribution in [-0.2, 0) is 16.4 Å². The number of aryl methyl sites for hydroxylation is 1. The number of fused-ring (bicyclic) bond motifs is 1. The molecule has 0 aliphatic carbocycles. The van der Waals surface area contributed by atoms with Crippen molar-refractivity contribution in [3.05, 3.63) is 53.6 Å². The van der Waals surface area contributed by atoms with E-state index in [1.54, 1.807) is 7.11 Å². The zero-order valence-corrected chi connectivity index (χ0v) is 19.0. The molecule has 1 saturated heterocycles. The number of methoxy groups -OCH3 is 1. The van der Waals surface area contributed by atoms with Gasteiger partial charge in [-0.25, -0.2) is 8.42 Å². The minimum absolute atomic E-state index is 0.520. The highest BCUT2D eigenvalue weighted by atomic mass is 32.2. The maximum absolute atomic E-state index is 12.1. The van der Waals surface area contributed by atoms with Gasteiger partial charge in [0.25, 0.3) is 0 Å². The van der Waals surface area contributed by atoms with Crippen molar-refractivity contribution in [2.45, 2.75) is 18.9 Å². The van der Waals surface area contributed by atoms with Gasteiger partial charge in [0.15, 0.2) is 0 Å². The molecule has 0 radical (unpaired) electrons. The van der Waals surface area contributed by atoms with Gasteiger partial charge in [0.1, 0.15) is 5.75 Å². The van der Waals surface area contributed by atoms with Crippen molar-refractivity contribution >= 4 is 21.4 Å². The van der Waals surface area contributed by atoms with Crippen LogP contribution in [0, 0.1) is 0 Å². The number of sulfonamides is 1. The molecule has 0 bridgehead atoms. The maximum atomic E-state index is 12.1. The lowest BCUT2D eigenvalue weighted by molar-refractivity contribution is 0.109. The molecule has 0 spiro atoms. The molecule has 0 amide bonds. The fourth-order valence-electron chi connectivity index (χ4n) is 4.47. The number of piperazine rings is 1. The predicted molar refractivity (Wildman–Crippen MR) is 124 cm³/mol. The SMILES string of the molecule is COc1ccc(N2CCN(C[C@H](O)c3ccc4c(c3)CCCN4S(C)(=O)=O)CC2)cc1. The Morgan fingerprint density at radius 2 is 1.74 bits per heavy atom. The van der Waals surface area contributed by atoms with Crippen molar-refractivity contribution in [1.82, 2.24) is 4.90 Å². The molecular formula is C23H31N3O4S. The Kier molecular flexibility index (Phi) is 6.41. The van der Waals surface area contributed by atoms with Crippen LogP contribution >= 0.6 is 0 Å². The van der Waals surface area contributed by atoms with Crippen molar-refractivity contribution in [3.8, 4) is 5.75 Å². The van der Waals surface area contributed by atoms with Crippen molar-refractivity contribution in [2.75, 3.05) is 61.8 Å². The molecule has 0 saturated carbocycles. The Balaban J connectivity index is 1.36. The van der Waals surface area contributed by atoms with Crippen LogP contribution in [0.3, 0.4) is 0 Å². The minimum atomic E-state index is -3.28. The molecule has 2 heterocycles. The Hall–Kier alpha value is -2.29. The van der Waals surface area contributed by atoms with Crippen molar-refractivity contribution in [3.63, 3.8) is 0 Å². The molecule has 1 atom stereocenters. The normalized spacial score (nSPS) is 18.5. The highest BCUT2D eigenvalue weighted by Crippen LogP contribution is 2.31. The Morgan fingerprint density at radius 3 is 2.39 bits per heavy atom. The van der Waals surface area contributed by atoms with Gasteiger partial charge in [0.05, 0.1) is 25.2 Å². The van der Waals surface area contributed by atoms with Crippen LogP contribution in [0.2, 0.25) is 0 Å². The number of ether oxygens (including phenoxy) is 1. The summed E-state index contributed by atoms with van der Waals surface area (Å²) < 4.78 is 30.8. The largest absolute Gasteiger partial charge is 0.497 e. The van der Waals surface area contributed by atoms with Crippen molar-refractivity contribution < 1.29 is 18.3 Å². The van der Waals surface area contributed by atoms with Crippen LogP contribution in [0.4, 0.5) is 11.4 Å². The average Bonchev–Trinajstić information content (AvgIpc) is 2.78. The molecule has 1 fully saturated rings.